The van der Waals surface area contributed by atoms with Gasteiger partial charge in [-0.2, -0.15) is 0 Å². The number of amides is 1. The summed E-state index contributed by atoms with van der Waals surface area (Å²) in [4.78, 5) is 13.8. The molecule has 2 unspecified atom stereocenters. The molecule has 2 atom stereocenters. The van der Waals surface area contributed by atoms with Crippen molar-refractivity contribution in [3.63, 3.8) is 0 Å². The molecule has 17 heavy (non-hydrogen) atoms. The smallest absolute Gasteiger partial charge is 0.224 e. The zero-order chi connectivity index (χ0) is 11.7. The minimum absolute atomic E-state index is 0.366. The minimum atomic E-state index is 0.366. The molecule has 1 aliphatic carbocycles. The van der Waals surface area contributed by atoms with Crippen molar-refractivity contribution in [3.05, 3.63) is 11.6 Å². The van der Waals surface area contributed by atoms with Gasteiger partial charge >= 0.3 is 0 Å². The molecule has 3 aliphatic rings. The van der Waals surface area contributed by atoms with Crippen molar-refractivity contribution in [2.24, 2.45) is 0 Å². The normalized spacial score (nSPS) is 32.1. The SMILES string of the molecule is O=C1CC(NCCC2=CCCC2)C2CCCN12. The highest BCUT2D eigenvalue weighted by Crippen LogP contribution is 2.29. The predicted octanol–water partition coefficient (Wildman–Crippen LogP) is 1.84. The van der Waals surface area contributed by atoms with Gasteiger partial charge in [-0.15, -0.1) is 0 Å². The standard InChI is InChI=1S/C14H22N2O/c17-14-10-12(13-6-3-9-16(13)14)15-8-7-11-4-1-2-5-11/h4,12-13,15H,1-3,5-10H2. The Morgan fingerprint density at radius 3 is 3.18 bits per heavy atom. The van der Waals surface area contributed by atoms with Crippen LogP contribution in [0.5, 0.6) is 0 Å². The van der Waals surface area contributed by atoms with E-state index < -0.39 is 0 Å². The number of fused-ring (bicyclic) bond motifs is 1. The summed E-state index contributed by atoms with van der Waals surface area (Å²) in [5.41, 5.74) is 1.62. The number of hydrogen-bond acceptors (Lipinski definition) is 2. The van der Waals surface area contributed by atoms with E-state index in [4.69, 9.17) is 0 Å². The van der Waals surface area contributed by atoms with Gasteiger partial charge in [0.25, 0.3) is 0 Å². The molecule has 3 heteroatoms. The van der Waals surface area contributed by atoms with Crippen LogP contribution in [0.15, 0.2) is 11.6 Å². The Morgan fingerprint density at radius 2 is 2.35 bits per heavy atom. The first kappa shape index (κ1) is 11.3. The van der Waals surface area contributed by atoms with E-state index in [9.17, 15) is 4.79 Å². The number of rotatable bonds is 4. The third-order valence-electron chi connectivity index (χ3n) is 4.47. The first-order chi connectivity index (χ1) is 8.34. The number of carbonyl (C=O) groups excluding carboxylic acids is 1. The molecule has 0 spiro atoms. The lowest BCUT2D eigenvalue weighted by Gasteiger charge is -2.21. The third-order valence-corrected chi connectivity index (χ3v) is 4.47. The van der Waals surface area contributed by atoms with Gasteiger partial charge in [-0.25, -0.2) is 0 Å². The van der Waals surface area contributed by atoms with E-state index in [1.54, 1.807) is 5.57 Å². The molecule has 0 radical (unpaired) electrons. The molecule has 0 bridgehead atoms. The minimum Gasteiger partial charge on any atom is -0.338 e. The topological polar surface area (TPSA) is 32.3 Å². The van der Waals surface area contributed by atoms with Crippen molar-refractivity contribution in [2.45, 2.75) is 57.0 Å². The second-order valence-electron chi connectivity index (χ2n) is 5.57. The average molecular weight is 234 g/mol. The molecule has 2 heterocycles. The van der Waals surface area contributed by atoms with E-state index in [-0.39, 0.29) is 0 Å². The number of carbonyl (C=O) groups is 1. The van der Waals surface area contributed by atoms with Crippen molar-refractivity contribution in [3.8, 4) is 0 Å². The largest absolute Gasteiger partial charge is 0.338 e. The summed E-state index contributed by atoms with van der Waals surface area (Å²) in [6.07, 6.45) is 10.6. The molecule has 0 saturated carbocycles. The molecule has 1 amide bonds. The summed E-state index contributed by atoms with van der Waals surface area (Å²) in [5, 5.41) is 3.61. The van der Waals surface area contributed by atoms with Crippen LogP contribution in [0.25, 0.3) is 0 Å². The molecule has 0 aromatic carbocycles. The predicted molar refractivity (Wildman–Crippen MR) is 67.7 cm³/mol. The molecule has 3 rings (SSSR count). The average Bonchev–Trinajstić information content (AvgIpc) is 3.01. The van der Waals surface area contributed by atoms with Gasteiger partial charge in [-0.1, -0.05) is 11.6 Å². The Bertz CT molecular complexity index is 337. The van der Waals surface area contributed by atoms with Crippen molar-refractivity contribution in [1.82, 2.24) is 10.2 Å². The quantitative estimate of drug-likeness (QED) is 0.753. The summed E-state index contributed by atoms with van der Waals surface area (Å²) >= 11 is 0. The molecular formula is C14H22N2O. The fourth-order valence-electron chi connectivity index (χ4n) is 3.55. The van der Waals surface area contributed by atoms with Crippen LogP contribution >= 0.6 is 0 Å². The van der Waals surface area contributed by atoms with Gasteiger partial charge in [-0.3, -0.25) is 4.79 Å². The maximum atomic E-state index is 11.8. The molecule has 2 aliphatic heterocycles. The lowest BCUT2D eigenvalue weighted by atomic mass is 10.1. The third kappa shape index (κ3) is 2.25. The molecule has 2 saturated heterocycles. The van der Waals surface area contributed by atoms with Crippen molar-refractivity contribution >= 4 is 5.91 Å². The van der Waals surface area contributed by atoms with E-state index in [0.717, 1.165) is 19.5 Å². The Hall–Kier alpha value is -0.830. The zero-order valence-corrected chi connectivity index (χ0v) is 10.5. The number of nitrogens with zero attached hydrogens (tertiary/aromatic N) is 1. The number of nitrogens with one attached hydrogen (secondary N) is 1. The lowest BCUT2D eigenvalue weighted by molar-refractivity contribution is -0.127. The molecular weight excluding hydrogens is 212 g/mol. The highest BCUT2D eigenvalue weighted by atomic mass is 16.2. The van der Waals surface area contributed by atoms with Gasteiger partial charge in [0.2, 0.25) is 5.91 Å². The molecule has 0 aromatic heterocycles. The van der Waals surface area contributed by atoms with Gasteiger partial charge in [0, 0.05) is 25.0 Å². The van der Waals surface area contributed by atoms with Gasteiger partial charge < -0.3 is 10.2 Å². The molecule has 2 fully saturated rings. The van der Waals surface area contributed by atoms with Crippen molar-refractivity contribution < 1.29 is 4.79 Å². The summed E-state index contributed by atoms with van der Waals surface area (Å²) < 4.78 is 0. The summed E-state index contributed by atoms with van der Waals surface area (Å²) in [5.74, 6) is 0.366. The van der Waals surface area contributed by atoms with Crippen molar-refractivity contribution in [1.29, 1.82) is 0 Å². The van der Waals surface area contributed by atoms with Gasteiger partial charge in [-0.05, 0) is 45.1 Å². The van der Waals surface area contributed by atoms with E-state index in [0.29, 0.717) is 18.0 Å². The van der Waals surface area contributed by atoms with Crippen LogP contribution in [-0.4, -0.2) is 36.0 Å². The second kappa shape index (κ2) is 4.81. The highest BCUT2D eigenvalue weighted by molar-refractivity contribution is 5.80. The van der Waals surface area contributed by atoms with Crippen LogP contribution in [0.3, 0.4) is 0 Å². The van der Waals surface area contributed by atoms with Gasteiger partial charge in [0.15, 0.2) is 0 Å². The van der Waals surface area contributed by atoms with E-state index in [2.05, 4.69) is 16.3 Å². The molecule has 1 N–H and O–H groups in total. The fraction of sp³-hybridized carbons (Fsp3) is 0.786. The van der Waals surface area contributed by atoms with Crippen LogP contribution in [-0.2, 0) is 4.79 Å². The molecule has 94 valence electrons. The number of allylic oxidation sites excluding steroid dienone is 1. The van der Waals surface area contributed by atoms with E-state index in [1.807, 2.05) is 0 Å². The molecule has 3 nitrogen and oxygen atoms in total. The Labute approximate surface area is 103 Å². The summed E-state index contributed by atoms with van der Waals surface area (Å²) in [7, 11) is 0. The van der Waals surface area contributed by atoms with Gasteiger partial charge in [0.1, 0.15) is 0 Å². The van der Waals surface area contributed by atoms with E-state index in [1.165, 1.54) is 38.5 Å². The maximum absolute atomic E-state index is 11.8. The zero-order valence-electron chi connectivity index (χ0n) is 10.5. The lowest BCUT2D eigenvalue weighted by Crippen LogP contribution is -2.39. The van der Waals surface area contributed by atoms with Crippen LogP contribution in [0.2, 0.25) is 0 Å². The van der Waals surface area contributed by atoms with Crippen LogP contribution in [0, 0.1) is 0 Å². The first-order valence-electron chi connectivity index (χ1n) is 7.05. The van der Waals surface area contributed by atoms with Crippen LogP contribution in [0.1, 0.15) is 44.9 Å². The molecule has 0 aromatic rings. The van der Waals surface area contributed by atoms with Gasteiger partial charge in [0.05, 0.1) is 0 Å². The Kier molecular flexibility index (Phi) is 3.19. The Balaban J connectivity index is 1.47. The van der Waals surface area contributed by atoms with Crippen molar-refractivity contribution in [2.75, 3.05) is 13.1 Å². The Morgan fingerprint density at radius 1 is 1.41 bits per heavy atom. The van der Waals surface area contributed by atoms with E-state index >= 15 is 0 Å². The summed E-state index contributed by atoms with van der Waals surface area (Å²) in [6.45, 7) is 2.04. The maximum Gasteiger partial charge on any atom is 0.224 e. The second-order valence-corrected chi connectivity index (χ2v) is 5.57. The van der Waals surface area contributed by atoms with Crippen LogP contribution < -0.4 is 5.32 Å². The first-order valence-corrected chi connectivity index (χ1v) is 7.05. The van der Waals surface area contributed by atoms with Crippen LogP contribution in [0.4, 0.5) is 0 Å². The highest BCUT2D eigenvalue weighted by Gasteiger charge is 2.41. The number of hydrogen-bond donors (Lipinski definition) is 1. The monoisotopic (exact) mass is 234 g/mol. The fourth-order valence-corrected chi connectivity index (χ4v) is 3.55. The summed E-state index contributed by atoms with van der Waals surface area (Å²) in [6, 6.07) is 0.923.